The highest BCUT2D eigenvalue weighted by molar-refractivity contribution is 5.26. The van der Waals surface area contributed by atoms with Gasteiger partial charge in [0.25, 0.3) is 0 Å². The molecule has 1 aromatic carbocycles. The van der Waals surface area contributed by atoms with Crippen molar-refractivity contribution < 1.29 is 4.39 Å². The number of unbranched alkanes of at least 4 members (excludes halogenated alkanes) is 2. The van der Waals surface area contributed by atoms with Gasteiger partial charge in [-0.15, -0.1) is 0 Å². The zero-order chi connectivity index (χ0) is 11.8. The standard InChI is InChI=1S/C13H17FN2/c1-11-9-13(14)6-5-12(11)10-16-8-4-2-3-7-15/h5-6,9,16H,2-4,8,10H2,1H3. The summed E-state index contributed by atoms with van der Waals surface area (Å²) in [6.45, 7) is 3.58. The highest BCUT2D eigenvalue weighted by Crippen LogP contribution is 2.09. The molecule has 0 saturated heterocycles. The molecular formula is C13H17FN2. The van der Waals surface area contributed by atoms with E-state index in [4.69, 9.17) is 5.26 Å². The highest BCUT2D eigenvalue weighted by atomic mass is 19.1. The molecule has 0 spiro atoms. The molecule has 0 aromatic heterocycles. The number of nitriles is 1. The predicted molar refractivity (Wildman–Crippen MR) is 62.3 cm³/mol. The lowest BCUT2D eigenvalue weighted by atomic mass is 10.1. The average Bonchev–Trinajstić information content (AvgIpc) is 2.26. The van der Waals surface area contributed by atoms with Crippen LogP contribution in [-0.4, -0.2) is 6.54 Å². The fourth-order valence-corrected chi connectivity index (χ4v) is 1.53. The van der Waals surface area contributed by atoms with Crippen LogP contribution in [0, 0.1) is 24.1 Å². The maximum absolute atomic E-state index is 12.8. The van der Waals surface area contributed by atoms with Crippen molar-refractivity contribution in [1.29, 1.82) is 5.26 Å². The molecule has 1 N–H and O–H groups in total. The summed E-state index contributed by atoms with van der Waals surface area (Å²) in [7, 11) is 0. The summed E-state index contributed by atoms with van der Waals surface area (Å²) in [5.41, 5.74) is 2.10. The van der Waals surface area contributed by atoms with Crippen LogP contribution in [0.25, 0.3) is 0 Å². The zero-order valence-corrected chi connectivity index (χ0v) is 9.59. The van der Waals surface area contributed by atoms with Crippen molar-refractivity contribution >= 4 is 0 Å². The molecule has 86 valence electrons. The van der Waals surface area contributed by atoms with Crippen molar-refractivity contribution in [3.63, 3.8) is 0 Å². The Morgan fingerprint density at radius 1 is 1.38 bits per heavy atom. The molecule has 0 amide bonds. The van der Waals surface area contributed by atoms with Gasteiger partial charge in [0, 0.05) is 13.0 Å². The van der Waals surface area contributed by atoms with Crippen LogP contribution in [0.15, 0.2) is 18.2 Å². The van der Waals surface area contributed by atoms with Gasteiger partial charge in [0.05, 0.1) is 6.07 Å². The molecule has 0 radical (unpaired) electrons. The average molecular weight is 220 g/mol. The number of halogens is 1. The minimum absolute atomic E-state index is 0.185. The fourth-order valence-electron chi connectivity index (χ4n) is 1.53. The number of hydrogen-bond acceptors (Lipinski definition) is 2. The van der Waals surface area contributed by atoms with E-state index in [0.717, 1.165) is 37.1 Å². The molecule has 1 aromatic rings. The van der Waals surface area contributed by atoms with Crippen LogP contribution >= 0.6 is 0 Å². The largest absolute Gasteiger partial charge is 0.313 e. The minimum Gasteiger partial charge on any atom is -0.313 e. The normalized spacial score (nSPS) is 10.1. The second-order valence-electron chi connectivity index (χ2n) is 3.86. The Hall–Kier alpha value is -1.40. The predicted octanol–water partition coefficient (Wildman–Crippen LogP) is 2.92. The maximum atomic E-state index is 12.8. The Balaban J connectivity index is 2.25. The number of hydrogen-bond donors (Lipinski definition) is 1. The van der Waals surface area contributed by atoms with E-state index in [-0.39, 0.29) is 5.82 Å². The van der Waals surface area contributed by atoms with Crippen LogP contribution in [0.2, 0.25) is 0 Å². The third-order valence-corrected chi connectivity index (χ3v) is 2.51. The zero-order valence-electron chi connectivity index (χ0n) is 9.59. The number of aryl methyl sites for hydroxylation is 1. The van der Waals surface area contributed by atoms with Crippen LogP contribution in [0.5, 0.6) is 0 Å². The van der Waals surface area contributed by atoms with Crippen LogP contribution < -0.4 is 5.32 Å². The quantitative estimate of drug-likeness (QED) is 0.748. The first-order valence-corrected chi connectivity index (χ1v) is 5.56. The second-order valence-corrected chi connectivity index (χ2v) is 3.86. The van der Waals surface area contributed by atoms with Gasteiger partial charge in [-0.3, -0.25) is 0 Å². The fraction of sp³-hybridized carbons (Fsp3) is 0.462. The number of nitrogens with zero attached hydrogens (tertiary/aromatic N) is 1. The molecule has 0 aliphatic rings. The van der Waals surface area contributed by atoms with Crippen LogP contribution in [0.4, 0.5) is 4.39 Å². The highest BCUT2D eigenvalue weighted by Gasteiger charge is 1.99. The van der Waals surface area contributed by atoms with Crippen LogP contribution in [0.3, 0.4) is 0 Å². The van der Waals surface area contributed by atoms with Gasteiger partial charge in [0.15, 0.2) is 0 Å². The SMILES string of the molecule is Cc1cc(F)ccc1CNCCCCC#N. The summed E-state index contributed by atoms with van der Waals surface area (Å²) in [5.74, 6) is -0.185. The molecule has 0 bridgehead atoms. The minimum atomic E-state index is -0.185. The third kappa shape index (κ3) is 4.41. The van der Waals surface area contributed by atoms with E-state index >= 15 is 0 Å². The summed E-state index contributed by atoms with van der Waals surface area (Å²) in [5, 5.41) is 11.6. The Labute approximate surface area is 96.1 Å². The lowest BCUT2D eigenvalue weighted by molar-refractivity contribution is 0.615. The Morgan fingerprint density at radius 2 is 2.19 bits per heavy atom. The van der Waals surface area contributed by atoms with Gasteiger partial charge in [0.2, 0.25) is 0 Å². The van der Waals surface area contributed by atoms with E-state index in [0.29, 0.717) is 6.42 Å². The molecule has 0 atom stereocenters. The van der Waals surface area contributed by atoms with Crippen molar-refractivity contribution in [3.05, 3.63) is 35.1 Å². The first-order valence-electron chi connectivity index (χ1n) is 5.56. The van der Waals surface area contributed by atoms with Crippen molar-refractivity contribution in [1.82, 2.24) is 5.32 Å². The molecule has 3 heteroatoms. The van der Waals surface area contributed by atoms with Crippen molar-refractivity contribution in [2.24, 2.45) is 0 Å². The topological polar surface area (TPSA) is 35.8 Å². The summed E-state index contributed by atoms with van der Waals surface area (Å²) >= 11 is 0. The Morgan fingerprint density at radius 3 is 2.88 bits per heavy atom. The van der Waals surface area contributed by atoms with Gasteiger partial charge in [-0.1, -0.05) is 6.07 Å². The van der Waals surface area contributed by atoms with E-state index in [9.17, 15) is 4.39 Å². The van der Waals surface area contributed by atoms with Crippen molar-refractivity contribution in [2.45, 2.75) is 32.7 Å². The molecule has 0 unspecified atom stereocenters. The van der Waals surface area contributed by atoms with E-state index in [1.165, 1.54) is 6.07 Å². The smallest absolute Gasteiger partial charge is 0.123 e. The van der Waals surface area contributed by atoms with Gasteiger partial charge in [-0.25, -0.2) is 4.39 Å². The third-order valence-electron chi connectivity index (χ3n) is 2.51. The molecule has 0 saturated carbocycles. The number of rotatable bonds is 6. The van der Waals surface area contributed by atoms with Crippen molar-refractivity contribution in [2.75, 3.05) is 6.54 Å². The van der Waals surface area contributed by atoms with Gasteiger partial charge < -0.3 is 5.32 Å². The Bertz CT molecular complexity index is 369. The summed E-state index contributed by atoms with van der Waals surface area (Å²) in [6.07, 6.45) is 2.57. The molecule has 16 heavy (non-hydrogen) atoms. The van der Waals surface area contributed by atoms with E-state index in [1.54, 1.807) is 6.07 Å². The Kier molecular flexibility index (Phi) is 5.52. The number of nitrogens with one attached hydrogen (secondary N) is 1. The molecule has 0 fully saturated rings. The molecule has 0 aliphatic carbocycles. The van der Waals surface area contributed by atoms with Crippen LogP contribution in [-0.2, 0) is 6.54 Å². The molecule has 0 heterocycles. The monoisotopic (exact) mass is 220 g/mol. The second kappa shape index (κ2) is 6.97. The molecular weight excluding hydrogens is 203 g/mol. The van der Waals surface area contributed by atoms with Gasteiger partial charge in [-0.05, 0) is 49.6 Å². The lowest BCUT2D eigenvalue weighted by Gasteiger charge is -2.07. The summed E-state index contributed by atoms with van der Waals surface area (Å²) in [4.78, 5) is 0. The molecule has 1 rings (SSSR count). The summed E-state index contributed by atoms with van der Waals surface area (Å²) in [6, 6.07) is 6.97. The van der Waals surface area contributed by atoms with Gasteiger partial charge in [0.1, 0.15) is 5.82 Å². The molecule has 2 nitrogen and oxygen atoms in total. The van der Waals surface area contributed by atoms with Crippen molar-refractivity contribution in [3.8, 4) is 6.07 Å². The van der Waals surface area contributed by atoms with Crippen LogP contribution in [0.1, 0.15) is 30.4 Å². The van der Waals surface area contributed by atoms with E-state index in [1.807, 2.05) is 13.0 Å². The number of benzene rings is 1. The van der Waals surface area contributed by atoms with E-state index in [2.05, 4.69) is 11.4 Å². The first-order chi connectivity index (χ1) is 7.74. The van der Waals surface area contributed by atoms with Gasteiger partial charge >= 0.3 is 0 Å². The summed E-state index contributed by atoms with van der Waals surface area (Å²) < 4.78 is 12.8. The first kappa shape index (κ1) is 12.7. The lowest BCUT2D eigenvalue weighted by Crippen LogP contribution is -2.15. The van der Waals surface area contributed by atoms with Gasteiger partial charge in [-0.2, -0.15) is 5.26 Å². The molecule has 0 aliphatic heterocycles. The van der Waals surface area contributed by atoms with E-state index < -0.39 is 0 Å². The maximum Gasteiger partial charge on any atom is 0.123 e.